The normalized spacial score (nSPS) is 15.3. The number of aromatic amines is 1. The van der Waals surface area contributed by atoms with E-state index in [-0.39, 0.29) is 16.6 Å². The molecule has 0 radical (unpaired) electrons. The van der Waals surface area contributed by atoms with Gasteiger partial charge >= 0.3 is 5.97 Å². The number of aromatic nitrogens is 1. The Morgan fingerprint density at radius 1 is 1.36 bits per heavy atom. The molecule has 0 amide bonds. The third-order valence-electron chi connectivity index (χ3n) is 3.82. The molecule has 2 N–H and O–H groups in total. The minimum atomic E-state index is -1.32. The van der Waals surface area contributed by atoms with Crippen LogP contribution in [0.2, 0.25) is 0 Å². The van der Waals surface area contributed by atoms with E-state index in [1.165, 1.54) is 6.92 Å². The highest BCUT2D eigenvalue weighted by atomic mass is 19.1. The molecule has 0 unspecified atom stereocenters. The summed E-state index contributed by atoms with van der Waals surface area (Å²) in [6, 6.07) is 2.65. The zero-order chi connectivity index (χ0) is 15.9. The van der Waals surface area contributed by atoms with E-state index >= 15 is 0 Å². The highest BCUT2D eigenvalue weighted by molar-refractivity contribution is 5.94. The maximum absolute atomic E-state index is 14.3. The van der Waals surface area contributed by atoms with Crippen LogP contribution in [-0.2, 0) is 4.74 Å². The predicted molar refractivity (Wildman–Crippen MR) is 79.3 cm³/mol. The Balaban J connectivity index is 2.20. The number of benzene rings is 1. The monoisotopic (exact) mass is 306 g/mol. The van der Waals surface area contributed by atoms with E-state index in [0.29, 0.717) is 37.5 Å². The van der Waals surface area contributed by atoms with Crippen molar-refractivity contribution in [3.05, 3.63) is 39.4 Å². The lowest BCUT2D eigenvalue weighted by atomic mass is 10.1. The Kier molecular flexibility index (Phi) is 3.58. The molecule has 6 nitrogen and oxygen atoms in total. The summed E-state index contributed by atoms with van der Waals surface area (Å²) < 4.78 is 19.6. The van der Waals surface area contributed by atoms with Crippen LogP contribution in [0.5, 0.6) is 0 Å². The summed E-state index contributed by atoms with van der Waals surface area (Å²) >= 11 is 0. The Morgan fingerprint density at radius 2 is 2.05 bits per heavy atom. The van der Waals surface area contributed by atoms with Gasteiger partial charge in [0, 0.05) is 24.2 Å². The molecule has 2 aromatic rings. The van der Waals surface area contributed by atoms with E-state index in [2.05, 4.69) is 4.98 Å². The Morgan fingerprint density at radius 3 is 2.68 bits per heavy atom. The number of nitrogens with zero attached hydrogens (tertiary/aromatic N) is 1. The number of carboxylic acid groups (broad SMARTS) is 1. The number of carbonyl (C=O) groups is 1. The van der Waals surface area contributed by atoms with Crippen LogP contribution in [0.4, 0.5) is 10.1 Å². The number of rotatable bonds is 2. The molecular formula is C15H15FN2O4. The molecule has 0 atom stereocenters. The Labute approximate surface area is 125 Å². The van der Waals surface area contributed by atoms with Crippen LogP contribution in [0, 0.1) is 12.7 Å². The van der Waals surface area contributed by atoms with E-state index in [0.717, 1.165) is 6.07 Å². The van der Waals surface area contributed by atoms with Crippen molar-refractivity contribution in [1.82, 2.24) is 4.98 Å². The summed E-state index contributed by atoms with van der Waals surface area (Å²) in [6.45, 7) is 3.69. The third kappa shape index (κ3) is 2.33. The molecule has 116 valence electrons. The number of aromatic carboxylic acids is 1. The maximum Gasteiger partial charge on any atom is 0.341 e. The molecule has 0 saturated carbocycles. The summed E-state index contributed by atoms with van der Waals surface area (Å²) in [4.78, 5) is 28.1. The molecular weight excluding hydrogens is 291 g/mol. The van der Waals surface area contributed by atoms with Crippen molar-refractivity contribution in [3.63, 3.8) is 0 Å². The number of hydrogen-bond acceptors (Lipinski definition) is 4. The van der Waals surface area contributed by atoms with E-state index in [9.17, 15) is 14.0 Å². The SMILES string of the molecule is Cc1[nH]c2cc(N3CCOCC3)c(F)cc2c(=O)c1C(=O)O. The number of halogens is 1. The van der Waals surface area contributed by atoms with Crippen LogP contribution in [-0.4, -0.2) is 42.4 Å². The molecule has 1 aliphatic heterocycles. The molecule has 0 spiro atoms. The number of hydrogen-bond donors (Lipinski definition) is 2. The van der Waals surface area contributed by atoms with Crippen LogP contribution in [0.1, 0.15) is 16.1 Å². The number of morpholine rings is 1. The quantitative estimate of drug-likeness (QED) is 0.879. The fourth-order valence-electron chi connectivity index (χ4n) is 2.73. The molecule has 1 fully saturated rings. The highest BCUT2D eigenvalue weighted by Gasteiger charge is 2.20. The fourth-order valence-corrected chi connectivity index (χ4v) is 2.73. The molecule has 0 bridgehead atoms. The van der Waals surface area contributed by atoms with Gasteiger partial charge in [-0.05, 0) is 19.1 Å². The van der Waals surface area contributed by atoms with Crippen molar-refractivity contribution in [1.29, 1.82) is 0 Å². The lowest BCUT2D eigenvalue weighted by Crippen LogP contribution is -2.36. The number of carboxylic acids is 1. The molecule has 7 heteroatoms. The van der Waals surface area contributed by atoms with Crippen molar-refractivity contribution >= 4 is 22.6 Å². The second-order valence-electron chi connectivity index (χ2n) is 5.21. The molecule has 2 heterocycles. The van der Waals surface area contributed by atoms with Gasteiger partial charge in [0.15, 0.2) is 0 Å². The van der Waals surface area contributed by atoms with E-state index in [1.54, 1.807) is 6.07 Å². The van der Waals surface area contributed by atoms with Gasteiger partial charge in [0.05, 0.1) is 24.4 Å². The molecule has 22 heavy (non-hydrogen) atoms. The Hall–Kier alpha value is -2.41. The number of pyridine rings is 1. The average molecular weight is 306 g/mol. The third-order valence-corrected chi connectivity index (χ3v) is 3.82. The Bertz CT molecular complexity index is 809. The van der Waals surface area contributed by atoms with Crippen molar-refractivity contribution < 1.29 is 19.0 Å². The minimum absolute atomic E-state index is 0.0394. The summed E-state index contributed by atoms with van der Waals surface area (Å²) in [5.74, 6) is -1.86. The lowest BCUT2D eigenvalue weighted by Gasteiger charge is -2.29. The summed E-state index contributed by atoms with van der Waals surface area (Å²) in [7, 11) is 0. The van der Waals surface area contributed by atoms with Crippen molar-refractivity contribution in [2.75, 3.05) is 31.2 Å². The smallest absolute Gasteiger partial charge is 0.341 e. The first-order valence-corrected chi connectivity index (χ1v) is 6.91. The largest absolute Gasteiger partial charge is 0.477 e. The number of anilines is 1. The zero-order valence-electron chi connectivity index (χ0n) is 12.0. The second kappa shape index (κ2) is 5.42. The van der Waals surface area contributed by atoms with Gasteiger partial charge in [0.25, 0.3) is 0 Å². The van der Waals surface area contributed by atoms with E-state index in [1.807, 2.05) is 4.90 Å². The van der Waals surface area contributed by atoms with Crippen LogP contribution in [0.15, 0.2) is 16.9 Å². The topological polar surface area (TPSA) is 82.6 Å². The average Bonchev–Trinajstić information content (AvgIpc) is 2.48. The van der Waals surface area contributed by atoms with Gasteiger partial charge in [-0.2, -0.15) is 0 Å². The van der Waals surface area contributed by atoms with E-state index in [4.69, 9.17) is 9.84 Å². The lowest BCUT2D eigenvalue weighted by molar-refractivity contribution is 0.0694. The number of H-pyrrole nitrogens is 1. The second-order valence-corrected chi connectivity index (χ2v) is 5.21. The maximum atomic E-state index is 14.3. The van der Waals surface area contributed by atoms with Crippen molar-refractivity contribution in [3.8, 4) is 0 Å². The van der Waals surface area contributed by atoms with Gasteiger partial charge in [-0.25, -0.2) is 9.18 Å². The van der Waals surface area contributed by atoms with Gasteiger partial charge < -0.3 is 19.7 Å². The van der Waals surface area contributed by atoms with Crippen LogP contribution >= 0.6 is 0 Å². The predicted octanol–water partition coefficient (Wildman–Crippen LogP) is 1.51. The molecule has 1 aromatic carbocycles. The van der Waals surface area contributed by atoms with Crippen LogP contribution < -0.4 is 10.3 Å². The van der Waals surface area contributed by atoms with Crippen molar-refractivity contribution in [2.24, 2.45) is 0 Å². The summed E-state index contributed by atoms with van der Waals surface area (Å²) in [5.41, 5.74) is 0.0334. The van der Waals surface area contributed by atoms with Gasteiger partial charge in [-0.15, -0.1) is 0 Å². The van der Waals surface area contributed by atoms with Crippen LogP contribution in [0.25, 0.3) is 10.9 Å². The highest BCUT2D eigenvalue weighted by Crippen LogP contribution is 2.25. The number of fused-ring (bicyclic) bond motifs is 1. The number of nitrogens with one attached hydrogen (secondary N) is 1. The van der Waals surface area contributed by atoms with Crippen LogP contribution in [0.3, 0.4) is 0 Å². The zero-order valence-corrected chi connectivity index (χ0v) is 12.0. The standard InChI is InChI=1S/C15H15FN2O4/c1-8-13(15(20)21)14(19)9-6-10(16)12(7-11(9)17-8)18-2-4-22-5-3-18/h6-7H,2-5H2,1H3,(H,17,19)(H,20,21). The minimum Gasteiger partial charge on any atom is -0.477 e. The van der Waals surface area contributed by atoms with E-state index < -0.39 is 17.2 Å². The fraction of sp³-hybridized carbons (Fsp3) is 0.333. The number of ether oxygens (including phenoxy) is 1. The molecule has 3 rings (SSSR count). The van der Waals surface area contributed by atoms with Gasteiger partial charge in [0.2, 0.25) is 5.43 Å². The number of aryl methyl sites for hydroxylation is 1. The van der Waals surface area contributed by atoms with Gasteiger partial charge in [-0.1, -0.05) is 0 Å². The molecule has 1 aromatic heterocycles. The van der Waals surface area contributed by atoms with Crippen molar-refractivity contribution in [2.45, 2.75) is 6.92 Å². The molecule has 0 aliphatic carbocycles. The molecule has 1 saturated heterocycles. The summed E-state index contributed by atoms with van der Waals surface area (Å²) in [6.07, 6.45) is 0. The molecule has 1 aliphatic rings. The van der Waals surface area contributed by atoms with Gasteiger partial charge in [0.1, 0.15) is 11.4 Å². The first-order chi connectivity index (χ1) is 10.5. The van der Waals surface area contributed by atoms with Gasteiger partial charge in [-0.3, -0.25) is 4.79 Å². The summed E-state index contributed by atoms with van der Waals surface area (Å²) in [5, 5.41) is 9.14. The first-order valence-electron chi connectivity index (χ1n) is 6.91. The first kappa shape index (κ1) is 14.5.